The van der Waals surface area contributed by atoms with Crippen LogP contribution in [0.5, 0.6) is 0 Å². The van der Waals surface area contributed by atoms with E-state index in [2.05, 4.69) is 13.0 Å². The molecule has 130 valence electrons. The van der Waals surface area contributed by atoms with Crippen LogP contribution in [-0.4, -0.2) is 12.1 Å². The van der Waals surface area contributed by atoms with Crippen molar-refractivity contribution < 1.29 is 9.53 Å². The van der Waals surface area contributed by atoms with Gasteiger partial charge in [-0.25, -0.2) is 4.79 Å². The van der Waals surface area contributed by atoms with E-state index in [-0.39, 0.29) is 12.1 Å². The summed E-state index contributed by atoms with van der Waals surface area (Å²) in [7, 11) is 0. The second kappa shape index (κ2) is 10.1. The summed E-state index contributed by atoms with van der Waals surface area (Å²) in [4.78, 5) is 12.2. The van der Waals surface area contributed by atoms with Crippen LogP contribution < -0.4 is 0 Å². The summed E-state index contributed by atoms with van der Waals surface area (Å²) in [5.74, 6) is 0.555. The van der Waals surface area contributed by atoms with E-state index in [1.807, 2.05) is 0 Å². The molecule has 1 fully saturated rings. The Hall–Kier alpha value is -1.82. The fourth-order valence-electron chi connectivity index (χ4n) is 3.48. The second-order valence-corrected chi connectivity index (χ2v) is 6.94. The summed E-state index contributed by atoms with van der Waals surface area (Å²) in [6, 6.07) is 8.71. The summed E-state index contributed by atoms with van der Waals surface area (Å²) >= 11 is 0. The molecule has 1 saturated carbocycles. The minimum Gasteiger partial charge on any atom is -0.459 e. The monoisotopic (exact) mass is 327 g/mol. The third kappa shape index (κ3) is 6.00. The number of hydrogen-bond donors (Lipinski definition) is 0. The maximum Gasteiger partial charge on any atom is 0.338 e. The molecular weight excluding hydrogens is 298 g/mol. The fraction of sp³-hybridized carbons (Fsp3) is 0.619. The Labute approximate surface area is 146 Å². The van der Waals surface area contributed by atoms with Gasteiger partial charge in [0.25, 0.3) is 0 Å². The van der Waals surface area contributed by atoms with Crippen molar-refractivity contribution >= 4 is 5.97 Å². The molecule has 0 spiro atoms. The molecule has 1 aromatic carbocycles. The number of hydrogen-bond acceptors (Lipinski definition) is 3. The second-order valence-electron chi connectivity index (χ2n) is 6.94. The SMILES string of the molecule is CCCCCCC[C@H]1CC[C@H](OC(=O)c2ccc(C#N)cc2)CC1. The van der Waals surface area contributed by atoms with Crippen molar-refractivity contribution in [3.8, 4) is 6.07 Å². The van der Waals surface area contributed by atoms with Crippen molar-refractivity contribution in [3.63, 3.8) is 0 Å². The Kier molecular flexibility index (Phi) is 7.82. The van der Waals surface area contributed by atoms with Crippen LogP contribution in [0.15, 0.2) is 24.3 Å². The Balaban J connectivity index is 1.67. The summed E-state index contributed by atoms with van der Waals surface area (Å²) in [5, 5.41) is 8.79. The van der Waals surface area contributed by atoms with Gasteiger partial charge < -0.3 is 4.74 Å². The third-order valence-corrected chi connectivity index (χ3v) is 5.03. The molecule has 0 saturated heterocycles. The maximum atomic E-state index is 12.2. The smallest absolute Gasteiger partial charge is 0.338 e. The van der Waals surface area contributed by atoms with Crippen molar-refractivity contribution in [2.75, 3.05) is 0 Å². The number of benzene rings is 1. The number of rotatable bonds is 8. The van der Waals surface area contributed by atoms with Crippen molar-refractivity contribution in [2.45, 2.75) is 77.2 Å². The average molecular weight is 327 g/mol. The fourth-order valence-corrected chi connectivity index (χ4v) is 3.48. The van der Waals surface area contributed by atoms with Gasteiger partial charge in [-0.2, -0.15) is 5.26 Å². The molecule has 0 N–H and O–H groups in total. The number of nitriles is 1. The number of carbonyl (C=O) groups excluding carboxylic acids is 1. The first-order valence-electron chi connectivity index (χ1n) is 9.44. The highest BCUT2D eigenvalue weighted by Crippen LogP contribution is 2.30. The first-order valence-corrected chi connectivity index (χ1v) is 9.44. The lowest BCUT2D eigenvalue weighted by molar-refractivity contribution is 0.0161. The van der Waals surface area contributed by atoms with E-state index in [0.29, 0.717) is 11.1 Å². The summed E-state index contributed by atoms with van der Waals surface area (Å²) in [5.41, 5.74) is 1.10. The van der Waals surface area contributed by atoms with Crippen molar-refractivity contribution in [3.05, 3.63) is 35.4 Å². The van der Waals surface area contributed by atoms with E-state index in [1.54, 1.807) is 24.3 Å². The van der Waals surface area contributed by atoms with Gasteiger partial charge in [0, 0.05) is 0 Å². The lowest BCUT2D eigenvalue weighted by Crippen LogP contribution is -2.24. The van der Waals surface area contributed by atoms with Gasteiger partial charge >= 0.3 is 5.97 Å². The Morgan fingerprint density at radius 1 is 1.08 bits per heavy atom. The summed E-state index contributed by atoms with van der Waals surface area (Å²) in [6.45, 7) is 2.25. The van der Waals surface area contributed by atoms with E-state index >= 15 is 0 Å². The molecule has 24 heavy (non-hydrogen) atoms. The minimum atomic E-state index is -0.262. The highest BCUT2D eigenvalue weighted by molar-refractivity contribution is 5.89. The highest BCUT2D eigenvalue weighted by atomic mass is 16.5. The molecule has 0 aliphatic heterocycles. The first-order chi connectivity index (χ1) is 11.7. The summed E-state index contributed by atoms with van der Waals surface area (Å²) < 4.78 is 5.63. The Bertz CT molecular complexity index is 536. The van der Waals surface area contributed by atoms with Crippen LogP contribution in [0.3, 0.4) is 0 Å². The maximum absolute atomic E-state index is 12.2. The van der Waals surface area contributed by atoms with E-state index < -0.39 is 0 Å². The average Bonchev–Trinajstić information content (AvgIpc) is 2.63. The van der Waals surface area contributed by atoms with E-state index in [1.165, 1.54) is 51.4 Å². The van der Waals surface area contributed by atoms with Crippen LogP contribution >= 0.6 is 0 Å². The van der Waals surface area contributed by atoms with Gasteiger partial charge in [0.15, 0.2) is 0 Å². The van der Waals surface area contributed by atoms with E-state index in [4.69, 9.17) is 10.00 Å². The molecule has 0 aromatic heterocycles. The number of esters is 1. The molecule has 1 aliphatic rings. The predicted octanol–water partition coefficient (Wildman–Crippen LogP) is 5.63. The predicted molar refractivity (Wildman–Crippen MR) is 95.7 cm³/mol. The molecule has 3 heteroatoms. The van der Waals surface area contributed by atoms with Gasteiger partial charge in [-0.05, 0) is 55.9 Å². The number of nitrogens with zero attached hydrogens (tertiary/aromatic N) is 1. The third-order valence-electron chi connectivity index (χ3n) is 5.03. The van der Waals surface area contributed by atoms with Crippen LogP contribution in [0.2, 0.25) is 0 Å². The van der Waals surface area contributed by atoms with Crippen molar-refractivity contribution in [1.82, 2.24) is 0 Å². The standard InChI is InChI=1S/C21H29NO2/c1-2-3-4-5-6-7-17-10-14-20(15-11-17)24-21(23)19-12-8-18(16-22)9-13-19/h8-9,12-13,17,20H,2-7,10-11,14-15H2,1H3/t17-,20-. The molecule has 0 unspecified atom stereocenters. The Morgan fingerprint density at radius 3 is 2.38 bits per heavy atom. The van der Waals surface area contributed by atoms with Gasteiger partial charge in [-0.3, -0.25) is 0 Å². The van der Waals surface area contributed by atoms with Crippen LogP contribution in [0.4, 0.5) is 0 Å². The summed E-state index contributed by atoms with van der Waals surface area (Å²) in [6.07, 6.45) is 12.5. The molecule has 0 amide bonds. The van der Waals surface area contributed by atoms with Crippen LogP contribution in [0, 0.1) is 17.2 Å². The lowest BCUT2D eigenvalue weighted by atomic mass is 9.84. The van der Waals surface area contributed by atoms with Crippen molar-refractivity contribution in [2.24, 2.45) is 5.92 Å². The molecule has 0 bridgehead atoms. The van der Waals surface area contributed by atoms with Crippen molar-refractivity contribution in [1.29, 1.82) is 5.26 Å². The van der Waals surface area contributed by atoms with E-state index in [0.717, 1.165) is 18.8 Å². The first kappa shape index (κ1) is 18.5. The number of unbranched alkanes of at least 4 members (excludes halogenated alkanes) is 4. The number of carbonyl (C=O) groups is 1. The van der Waals surface area contributed by atoms with Gasteiger partial charge in [-0.15, -0.1) is 0 Å². The Morgan fingerprint density at radius 2 is 1.75 bits per heavy atom. The lowest BCUT2D eigenvalue weighted by Gasteiger charge is -2.28. The van der Waals surface area contributed by atoms with Crippen LogP contribution in [0.1, 0.15) is 87.1 Å². The molecule has 0 atom stereocenters. The van der Waals surface area contributed by atoms with Gasteiger partial charge in [0.05, 0.1) is 17.2 Å². The molecule has 2 rings (SSSR count). The molecule has 3 nitrogen and oxygen atoms in total. The molecule has 0 heterocycles. The zero-order valence-electron chi connectivity index (χ0n) is 14.8. The minimum absolute atomic E-state index is 0.0597. The molecule has 1 aliphatic carbocycles. The quantitative estimate of drug-likeness (QED) is 0.459. The zero-order chi connectivity index (χ0) is 17.2. The van der Waals surface area contributed by atoms with Crippen LogP contribution in [-0.2, 0) is 4.74 Å². The molecular formula is C21H29NO2. The molecule has 1 aromatic rings. The number of ether oxygens (including phenoxy) is 1. The van der Waals surface area contributed by atoms with E-state index in [9.17, 15) is 4.79 Å². The van der Waals surface area contributed by atoms with Gasteiger partial charge in [0.1, 0.15) is 6.10 Å². The normalized spacial score (nSPS) is 20.3. The van der Waals surface area contributed by atoms with Crippen LogP contribution in [0.25, 0.3) is 0 Å². The van der Waals surface area contributed by atoms with Gasteiger partial charge in [-0.1, -0.05) is 45.4 Å². The van der Waals surface area contributed by atoms with Gasteiger partial charge in [0.2, 0.25) is 0 Å². The topological polar surface area (TPSA) is 50.1 Å². The largest absolute Gasteiger partial charge is 0.459 e. The highest BCUT2D eigenvalue weighted by Gasteiger charge is 2.24. The zero-order valence-corrected chi connectivity index (χ0v) is 14.8. The molecule has 0 radical (unpaired) electrons.